The van der Waals surface area contributed by atoms with Crippen molar-refractivity contribution in [1.82, 2.24) is 14.1 Å². The van der Waals surface area contributed by atoms with Gasteiger partial charge in [0.05, 0.1) is 21.8 Å². The number of nitrogens with zero attached hydrogens (tertiary/aromatic N) is 3. The molecule has 0 spiro atoms. The van der Waals surface area contributed by atoms with E-state index in [1.807, 2.05) is 92.9 Å². The van der Waals surface area contributed by atoms with E-state index in [9.17, 15) is 14.0 Å². The minimum atomic E-state index is -0.499. The third-order valence-corrected chi connectivity index (χ3v) is 9.68. The molecule has 0 unspecified atom stereocenters. The maximum absolute atomic E-state index is 14.2. The molecule has 216 valence electrons. The van der Waals surface area contributed by atoms with Gasteiger partial charge in [-0.25, -0.2) is 9.37 Å². The highest BCUT2D eigenvalue weighted by Crippen LogP contribution is 2.37. The molecular formula is C34H27ClFN3O2S2. The predicted octanol–water partition coefficient (Wildman–Crippen LogP) is 8.91. The van der Waals surface area contributed by atoms with Gasteiger partial charge in [-0.2, -0.15) is 0 Å². The maximum Gasteiger partial charge on any atom is 0.268 e. The van der Waals surface area contributed by atoms with Gasteiger partial charge >= 0.3 is 0 Å². The zero-order valence-electron chi connectivity index (χ0n) is 23.9. The van der Waals surface area contributed by atoms with Crippen LogP contribution in [0.4, 0.5) is 4.39 Å². The Hall–Kier alpha value is -3.98. The van der Waals surface area contributed by atoms with Crippen LogP contribution in [0, 0.1) is 33.5 Å². The minimum Gasteiger partial charge on any atom is -0.318 e. The standard InChI is InChI=1S/C34H27ClFN3O2S2/c1-19-10-12-23(13-11-19)30-22(4)43-32-31(30)33(41)39(24-8-6-5-7-9-24)34(37-32)42-18-29(40)26-16-20(2)38(21(26)3)25-14-15-28(36)27(35)17-25/h5-17H,18H2,1-4H3. The van der Waals surface area contributed by atoms with Crippen LogP contribution in [0.3, 0.4) is 0 Å². The van der Waals surface area contributed by atoms with E-state index in [-0.39, 0.29) is 22.1 Å². The molecule has 3 heterocycles. The van der Waals surface area contributed by atoms with Crippen LogP contribution in [0.15, 0.2) is 88.8 Å². The molecule has 0 amide bonds. The largest absolute Gasteiger partial charge is 0.318 e. The van der Waals surface area contributed by atoms with Crippen molar-refractivity contribution in [1.29, 1.82) is 0 Å². The van der Waals surface area contributed by atoms with Gasteiger partial charge in [0.15, 0.2) is 10.9 Å². The van der Waals surface area contributed by atoms with Crippen LogP contribution >= 0.6 is 34.7 Å². The fourth-order valence-electron chi connectivity index (χ4n) is 5.39. The number of carbonyl (C=O) groups is 1. The Morgan fingerprint density at radius 2 is 1.65 bits per heavy atom. The van der Waals surface area contributed by atoms with Crippen molar-refractivity contribution in [3.63, 3.8) is 0 Å². The van der Waals surface area contributed by atoms with Crippen molar-refractivity contribution in [2.75, 3.05) is 5.75 Å². The number of thioether (sulfide) groups is 1. The lowest BCUT2D eigenvalue weighted by molar-refractivity contribution is 0.102. The number of ketones is 1. The monoisotopic (exact) mass is 627 g/mol. The third-order valence-electron chi connectivity index (χ3n) is 7.45. The van der Waals surface area contributed by atoms with Crippen molar-refractivity contribution in [2.24, 2.45) is 0 Å². The summed E-state index contributed by atoms with van der Waals surface area (Å²) in [5.74, 6) is -0.523. The van der Waals surface area contributed by atoms with E-state index >= 15 is 0 Å². The summed E-state index contributed by atoms with van der Waals surface area (Å²) >= 11 is 8.76. The van der Waals surface area contributed by atoms with Crippen LogP contribution in [0.25, 0.3) is 32.7 Å². The quantitative estimate of drug-likeness (QED) is 0.101. The molecule has 0 saturated carbocycles. The van der Waals surface area contributed by atoms with Gasteiger partial charge in [-0.1, -0.05) is 71.4 Å². The van der Waals surface area contributed by atoms with Gasteiger partial charge in [-0.05, 0) is 69.7 Å². The number of hydrogen-bond donors (Lipinski definition) is 0. The summed E-state index contributed by atoms with van der Waals surface area (Å²) in [6.45, 7) is 7.79. The smallest absolute Gasteiger partial charge is 0.268 e. The minimum absolute atomic E-state index is 0.0168. The highest BCUT2D eigenvalue weighted by atomic mass is 35.5. The SMILES string of the molecule is Cc1ccc(-c2c(C)sc3nc(SCC(=O)c4cc(C)n(-c5ccc(F)c(Cl)c5)c4C)n(-c4ccccc4)c(=O)c23)cc1. The number of halogens is 2. The van der Waals surface area contributed by atoms with Gasteiger partial charge in [0.25, 0.3) is 5.56 Å². The predicted molar refractivity (Wildman–Crippen MR) is 175 cm³/mol. The van der Waals surface area contributed by atoms with Crippen LogP contribution in [-0.4, -0.2) is 25.7 Å². The summed E-state index contributed by atoms with van der Waals surface area (Å²) in [4.78, 5) is 34.4. The first-order chi connectivity index (χ1) is 20.6. The van der Waals surface area contributed by atoms with Crippen LogP contribution in [0.5, 0.6) is 0 Å². The lowest BCUT2D eigenvalue weighted by atomic mass is 10.0. The molecule has 5 nitrogen and oxygen atoms in total. The summed E-state index contributed by atoms with van der Waals surface area (Å²) in [6.07, 6.45) is 0. The molecule has 43 heavy (non-hydrogen) atoms. The number of para-hydroxylation sites is 1. The summed E-state index contributed by atoms with van der Waals surface area (Å²) in [7, 11) is 0. The maximum atomic E-state index is 14.2. The van der Waals surface area contributed by atoms with Crippen molar-refractivity contribution in [3.05, 3.63) is 127 Å². The number of aryl methyl sites for hydroxylation is 3. The Morgan fingerprint density at radius 3 is 2.35 bits per heavy atom. The Balaban J connectivity index is 1.40. The molecule has 3 aromatic heterocycles. The van der Waals surface area contributed by atoms with Crippen LogP contribution < -0.4 is 5.56 Å². The molecule has 3 aromatic carbocycles. The molecule has 0 aliphatic rings. The van der Waals surface area contributed by atoms with Crippen molar-refractivity contribution < 1.29 is 9.18 Å². The summed E-state index contributed by atoms with van der Waals surface area (Å²) in [5.41, 5.74) is 6.30. The van der Waals surface area contributed by atoms with E-state index in [4.69, 9.17) is 16.6 Å². The number of rotatable bonds is 7. The molecule has 0 saturated heterocycles. The number of carbonyl (C=O) groups excluding carboxylic acids is 1. The molecular weight excluding hydrogens is 601 g/mol. The number of benzene rings is 3. The first kappa shape index (κ1) is 29.1. The van der Waals surface area contributed by atoms with E-state index in [0.29, 0.717) is 32.3 Å². The second-order valence-corrected chi connectivity index (χ2v) is 12.9. The van der Waals surface area contributed by atoms with Crippen LogP contribution in [0.1, 0.15) is 32.2 Å². The van der Waals surface area contributed by atoms with Gasteiger partial charge in [-0.15, -0.1) is 11.3 Å². The molecule has 9 heteroatoms. The molecule has 0 N–H and O–H groups in total. The van der Waals surface area contributed by atoms with E-state index in [2.05, 4.69) is 0 Å². The number of hydrogen-bond acceptors (Lipinski definition) is 5. The van der Waals surface area contributed by atoms with Crippen molar-refractivity contribution >= 4 is 50.7 Å². The molecule has 0 bridgehead atoms. The fraction of sp³-hybridized carbons (Fsp3) is 0.147. The summed E-state index contributed by atoms with van der Waals surface area (Å²) in [6, 6.07) is 23.9. The van der Waals surface area contributed by atoms with Crippen LogP contribution in [-0.2, 0) is 0 Å². The van der Waals surface area contributed by atoms with E-state index < -0.39 is 5.82 Å². The van der Waals surface area contributed by atoms with Gasteiger partial charge in [-0.3, -0.25) is 14.2 Å². The van der Waals surface area contributed by atoms with Crippen molar-refractivity contribution in [2.45, 2.75) is 32.9 Å². The third kappa shape index (κ3) is 5.35. The zero-order chi connectivity index (χ0) is 30.4. The second-order valence-electron chi connectivity index (χ2n) is 10.4. The Kier molecular flexibility index (Phi) is 7.85. The van der Waals surface area contributed by atoms with Gasteiger partial charge in [0.1, 0.15) is 10.6 Å². The molecule has 0 fully saturated rings. The van der Waals surface area contributed by atoms with Gasteiger partial charge < -0.3 is 4.57 Å². The lowest BCUT2D eigenvalue weighted by Gasteiger charge is -2.13. The average molecular weight is 628 g/mol. The van der Waals surface area contributed by atoms with E-state index in [1.165, 1.54) is 29.2 Å². The number of aromatic nitrogens is 3. The zero-order valence-corrected chi connectivity index (χ0v) is 26.3. The molecule has 0 radical (unpaired) electrons. The Morgan fingerprint density at radius 1 is 0.930 bits per heavy atom. The normalized spacial score (nSPS) is 11.4. The Bertz CT molecular complexity index is 2080. The summed E-state index contributed by atoms with van der Waals surface area (Å²) in [5, 5.41) is 1.04. The Labute approximate surface area is 261 Å². The first-order valence-electron chi connectivity index (χ1n) is 13.6. The molecule has 6 rings (SSSR count). The average Bonchev–Trinajstić information content (AvgIpc) is 3.48. The molecule has 0 atom stereocenters. The van der Waals surface area contributed by atoms with Gasteiger partial charge in [0, 0.05) is 33.1 Å². The molecule has 6 aromatic rings. The number of Topliss-reactive ketones (excluding diaryl/α,β-unsaturated/α-hetero) is 1. The van der Waals surface area contributed by atoms with Crippen molar-refractivity contribution in [3.8, 4) is 22.5 Å². The number of fused-ring (bicyclic) bond motifs is 1. The summed E-state index contributed by atoms with van der Waals surface area (Å²) < 4.78 is 17.3. The highest BCUT2D eigenvalue weighted by molar-refractivity contribution is 7.99. The fourth-order valence-corrected chi connectivity index (χ4v) is 7.54. The number of thiophene rings is 1. The molecule has 0 aliphatic heterocycles. The first-order valence-corrected chi connectivity index (χ1v) is 15.8. The van der Waals surface area contributed by atoms with E-state index in [1.54, 1.807) is 16.7 Å². The van der Waals surface area contributed by atoms with Crippen LogP contribution in [0.2, 0.25) is 5.02 Å². The van der Waals surface area contributed by atoms with Gasteiger partial charge in [0.2, 0.25) is 0 Å². The highest BCUT2D eigenvalue weighted by Gasteiger charge is 2.23. The molecule has 0 aliphatic carbocycles. The second kappa shape index (κ2) is 11.6. The van der Waals surface area contributed by atoms with E-state index in [0.717, 1.165) is 33.0 Å². The lowest BCUT2D eigenvalue weighted by Crippen LogP contribution is -2.22. The topological polar surface area (TPSA) is 56.9 Å².